The Morgan fingerprint density at radius 1 is 0.889 bits per heavy atom. The number of nitrogens with one attached hydrogen (secondary N) is 1. The Bertz CT molecular complexity index is 1090. The quantitative estimate of drug-likeness (QED) is 0.235. The van der Waals surface area contributed by atoms with Crippen LogP contribution in [-0.4, -0.2) is 36.7 Å². The molecule has 0 fully saturated rings. The van der Waals surface area contributed by atoms with Crippen molar-refractivity contribution in [3.8, 4) is 22.6 Å². The summed E-state index contributed by atoms with van der Waals surface area (Å²) in [6, 6.07) is 22.0. The zero-order valence-electron chi connectivity index (χ0n) is 21.0. The van der Waals surface area contributed by atoms with Crippen molar-refractivity contribution in [1.82, 2.24) is 5.32 Å². The van der Waals surface area contributed by atoms with Gasteiger partial charge in [-0.1, -0.05) is 56.2 Å². The van der Waals surface area contributed by atoms with Gasteiger partial charge in [-0.05, 0) is 72.9 Å². The van der Waals surface area contributed by atoms with E-state index in [4.69, 9.17) is 9.47 Å². The smallest absolute Gasteiger partial charge is 0.309 e. The van der Waals surface area contributed by atoms with E-state index in [0.717, 1.165) is 36.0 Å². The van der Waals surface area contributed by atoms with Crippen molar-refractivity contribution in [2.75, 3.05) is 19.8 Å². The van der Waals surface area contributed by atoms with E-state index in [9.17, 15) is 14.7 Å². The van der Waals surface area contributed by atoms with Gasteiger partial charge in [-0.15, -0.1) is 0 Å². The molecule has 1 atom stereocenters. The molecule has 36 heavy (non-hydrogen) atoms. The molecule has 1 amide bonds. The summed E-state index contributed by atoms with van der Waals surface area (Å²) in [5.74, 6) is 0.521. The molecule has 2 N–H and O–H groups in total. The van der Waals surface area contributed by atoms with Crippen LogP contribution < -0.4 is 10.1 Å². The number of amides is 1. The molecule has 0 radical (unpaired) electrons. The SMILES string of the molecule is CCCCC(Cc1ccc(OCCNC(=O)c2ccc(-c3ccc(O)cc3)cc2)cc1)C(=O)OCC. The van der Waals surface area contributed by atoms with Crippen LogP contribution in [-0.2, 0) is 16.0 Å². The van der Waals surface area contributed by atoms with E-state index in [2.05, 4.69) is 12.2 Å². The number of hydrogen-bond donors (Lipinski definition) is 2. The van der Waals surface area contributed by atoms with Crippen LogP contribution in [0.15, 0.2) is 72.8 Å². The summed E-state index contributed by atoms with van der Waals surface area (Å²) in [4.78, 5) is 24.7. The van der Waals surface area contributed by atoms with Gasteiger partial charge in [0.1, 0.15) is 18.1 Å². The van der Waals surface area contributed by atoms with E-state index in [1.807, 2.05) is 55.5 Å². The van der Waals surface area contributed by atoms with Crippen LogP contribution in [0.2, 0.25) is 0 Å². The van der Waals surface area contributed by atoms with E-state index in [1.165, 1.54) is 0 Å². The number of rotatable bonds is 13. The first-order valence-corrected chi connectivity index (χ1v) is 12.6. The van der Waals surface area contributed by atoms with Crippen molar-refractivity contribution < 1.29 is 24.2 Å². The highest BCUT2D eigenvalue weighted by Crippen LogP contribution is 2.22. The standard InChI is InChI=1S/C30H35NO5/c1-3-5-6-26(30(34)35-4-2)21-22-7-17-28(18-8-22)36-20-19-31-29(33)25-11-9-23(10-12-25)24-13-15-27(32)16-14-24/h7-18,26,32H,3-6,19-21H2,1-2H3,(H,31,33). The van der Waals surface area contributed by atoms with Crippen molar-refractivity contribution in [2.24, 2.45) is 5.92 Å². The van der Waals surface area contributed by atoms with Gasteiger partial charge >= 0.3 is 5.97 Å². The van der Waals surface area contributed by atoms with E-state index in [1.54, 1.807) is 24.3 Å². The van der Waals surface area contributed by atoms with Crippen LogP contribution in [0, 0.1) is 5.92 Å². The number of hydrogen-bond acceptors (Lipinski definition) is 5. The highest BCUT2D eigenvalue weighted by atomic mass is 16.5. The second-order valence-corrected chi connectivity index (χ2v) is 8.67. The molecule has 0 heterocycles. The van der Waals surface area contributed by atoms with Crippen molar-refractivity contribution in [3.63, 3.8) is 0 Å². The normalized spacial score (nSPS) is 11.5. The fourth-order valence-electron chi connectivity index (χ4n) is 3.92. The third-order valence-corrected chi connectivity index (χ3v) is 5.94. The second-order valence-electron chi connectivity index (χ2n) is 8.67. The Labute approximate surface area is 213 Å². The zero-order valence-corrected chi connectivity index (χ0v) is 21.0. The first kappa shape index (κ1) is 26.8. The van der Waals surface area contributed by atoms with Crippen LogP contribution in [0.1, 0.15) is 49.0 Å². The molecule has 0 saturated heterocycles. The van der Waals surface area contributed by atoms with Crippen LogP contribution in [0.4, 0.5) is 0 Å². The van der Waals surface area contributed by atoms with Gasteiger partial charge in [-0.3, -0.25) is 9.59 Å². The molecule has 1 unspecified atom stereocenters. The largest absolute Gasteiger partial charge is 0.508 e. The predicted octanol–water partition coefficient (Wildman–Crippen LogP) is 5.78. The van der Waals surface area contributed by atoms with Crippen molar-refractivity contribution >= 4 is 11.9 Å². The molecule has 3 rings (SSSR count). The Hall–Kier alpha value is -3.80. The molecule has 3 aromatic carbocycles. The average Bonchev–Trinajstić information content (AvgIpc) is 2.90. The third-order valence-electron chi connectivity index (χ3n) is 5.94. The van der Waals surface area contributed by atoms with Crippen LogP contribution in [0.25, 0.3) is 11.1 Å². The fourth-order valence-corrected chi connectivity index (χ4v) is 3.92. The van der Waals surface area contributed by atoms with Gasteiger partial charge in [0.2, 0.25) is 0 Å². The minimum atomic E-state index is -0.164. The highest BCUT2D eigenvalue weighted by molar-refractivity contribution is 5.94. The monoisotopic (exact) mass is 489 g/mol. The number of unbranched alkanes of at least 4 members (excludes halogenated alkanes) is 1. The Balaban J connectivity index is 1.43. The number of phenolic OH excluding ortho intramolecular Hbond substituents is 1. The Kier molecular flexibility index (Phi) is 10.4. The van der Waals surface area contributed by atoms with Gasteiger partial charge in [0, 0.05) is 5.56 Å². The van der Waals surface area contributed by atoms with Crippen molar-refractivity contribution in [2.45, 2.75) is 39.5 Å². The van der Waals surface area contributed by atoms with Gasteiger partial charge in [0.05, 0.1) is 19.1 Å². The molecule has 0 aliphatic carbocycles. The van der Waals surface area contributed by atoms with Crippen LogP contribution >= 0.6 is 0 Å². The first-order valence-electron chi connectivity index (χ1n) is 12.6. The van der Waals surface area contributed by atoms with Gasteiger partial charge in [-0.2, -0.15) is 0 Å². The van der Waals surface area contributed by atoms with Crippen molar-refractivity contribution in [1.29, 1.82) is 0 Å². The van der Waals surface area contributed by atoms with E-state index >= 15 is 0 Å². The first-order chi connectivity index (χ1) is 17.5. The minimum absolute atomic E-state index is 0.123. The van der Waals surface area contributed by atoms with Crippen molar-refractivity contribution in [3.05, 3.63) is 83.9 Å². The van der Waals surface area contributed by atoms with Gasteiger partial charge in [0.25, 0.3) is 5.91 Å². The Morgan fingerprint density at radius 3 is 2.14 bits per heavy atom. The van der Waals surface area contributed by atoms with E-state index in [0.29, 0.717) is 37.5 Å². The molecule has 0 saturated carbocycles. The number of phenols is 1. The molecule has 0 aromatic heterocycles. The molecule has 0 aliphatic rings. The third kappa shape index (κ3) is 8.15. The lowest BCUT2D eigenvalue weighted by atomic mass is 9.94. The molecule has 6 nitrogen and oxygen atoms in total. The Morgan fingerprint density at radius 2 is 1.53 bits per heavy atom. The highest BCUT2D eigenvalue weighted by Gasteiger charge is 2.19. The summed E-state index contributed by atoms with van der Waals surface area (Å²) >= 11 is 0. The maximum absolute atomic E-state index is 12.4. The maximum atomic E-state index is 12.4. The number of ether oxygens (including phenoxy) is 2. The molecule has 190 valence electrons. The maximum Gasteiger partial charge on any atom is 0.309 e. The van der Waals surface area contributed by atoms with Gasteiger partial charge in [0.15, 0.2) is 0 Å². The summed E-state index contributed by atoms with van der Waals surface area (Å²) in [5.41, 5.74) is 3.58. The van der Waals surface area contributed by atoms with Crippen LogP contribution in [0.3, 0.4) is 0 Å². The van der Waals surface area contributed by atoms with Gasteiger partial charge < -0.3 is 19.9 Å². The molecule has 3 aromatic rings. The fraction of sp³-hybridized carbons (Fsp3) is 0.333. The number of carbonyl (C=O) groups is 2. The minimum Gasteiger partial charge on any atom is -0.508 e. The molecule has 6 heteroatoms. The molecular formula is C30H35NO5. The summed E-state index contributed by atoms with van der Waals surface area (Å²) in [7, 11) is 0. The summed E-state index contributed by atoms with van der Waals surface area (Å²) in [6.45, 7) is 5.07. The summed E-state index contributed by atoms with van der Waals surface area (Å²) in [6.07, 6.45) is 3.52. The topological polar surface area (TPSA) is 84.9 Å². The van der Waals surface area contributed by atoms with E-state index in [-0.39, 0.29) is 23.5 Å². The predicted molar refractivity (Wildman–Crippen MR) is 141 cm³/mol. The summed E-state index contributed by atoms with van der Waals surface area (Å²) < 4.78 is 11.0. The number of carbonyl (C=O) groups excluding carboxylic acids is 2. The molecule has 0 aliphatic heterocycles. The van der Waals surface area contributed by atoms with E-state index < -0.39 is 0 Å². The van der Waals surface area contributed by atoms with Crippen LogP contribution in [0.5, 0.6) is 11.5 Å². The molecular weight excluding hydrogens is 454 g/mol. The zero-order chi connectivity index (χ0) is 25.8. The van der Waals surface area contributed by atoms with Gasteiger partial charge in [-0.25, -0.2) is 0 Å². The number of esters is 1. The lowest BCUT2D eigenvalue weighted by Gasteiger charge is -2.15. The lowest BCUT2D eigenvalue weighted by Crippen LogP contribution is -2.28. The second kappa shape index (κ2) is 13.9. The lowest BCUT2D eigenvalue weighted by molar-refractivity contribution is -0.148. The average molecular weight is 490 g/mol. The molecule has 0 spiro atoms. The summed E-state index contributed by atoms with van der Waals surface area (Å²) in [5, 5.41) is 12.3. The number of aromatic hydroxyl groups is 1. The number of benzene rings is 3. The molecule has 0 bridgehead atoms.